The molecule has 0 amide bonds. The third-order valence-corrected chi connectivity index (χ3v) is 4.23. The Balaban J connectivity index is 1.68. The van der Waals surface area contributed by atoms with Gasteiger partial charge in [-0.15, -0.1) is 0 Å². The summed E-state index contributed by atoms with van der Waals surface area (Å²) in [5.41, 5.74) is 0.519. The molecule has 0 bridgehead atoms. The standard InChI is InChI=1S/C18H26ClF2N3O3/c1-22-18(23-7-3-8-25-12-15-4-2-9-26-15)24-11-13-10-14(19)5-6-16(13)27-17(20)21/h5-6,10,15,17H,2-4,7-9,11-12H2,1H3,(H2,22,23,24). The zero-order chi connectivity index (χ0) is 19.5. The summed E-state index contributed by atoms with van der Waals surface area (Å²) in [5.74, 6) is 0.636. The van der Waals surface area contributed by atoms with Crippen LogP contribution in [0.4, 0.5) is 8.78 Å². The van der Waals surface area contributed by atoms with Crippen molar-refractivity contribution in [2.24, 2.45) is 4.99 Å². The molecule has 2 rings (SSSR count). The summed E-state index contributed by atoms with van der Waals surface area (Å²) in [4.78, 5) is 4.11. The number of guanidine groups is 1. The predicted octanol–water partition coefficient (Wildman–Crippen LogP) is 3.19. The van der Waals surface area contributed by atoms with Crippen LogP contribution in [0.25, 0.3) is 0 Å². The number of nitrogens with zero attached hydrogens (tertiary/aromatic N) is 1. The van der Waals surface area contributed by atoms with Crippen molar-refractivity contribution >= 4 is 17.6 Å². The van der Waals surface area contributed by atoms with Gasteiger partial charge in [-0.05, 0) is 37.5 Å². The van der Waals surface area contributed by atoms with Crippen molar-refractivity contribution in [1.82, 2.24) is 10.6 Å². The zero-order valence-corrected chi connectivity index (χ0v) is 16.1. The molecule has 0 aliphatic carbocycles. The summed E-state index contributed by atoms with van der Waals surface area (Å²) in [6.45, 7) is 0.115. The number of alkyl halides is 2. The molecule has 0 radical (unpaired) electrons. The second-order valence-corrected chi connectivity index (χ2v) is 6.48. The highest BCUT2D eigenvalue weighted by atomic mass is 35.5. The van der Waals surface area contributed by atoms with Crippen molar-refractivity contribution in [1.29, 1.82) is 0 Å². The van der Waals surface area contributed by atoms with E-state index < -0.39 is 6.61 Å². The lowest BCUT2D eigenvalue weighted by Gasteiger charge is -2.15. The van der Waals surface area contributed by atoms with Gasteiger partial charge >= 0.3 is 6.61 Å². The van der Waals surface area contributed by atoms with Gasteiger partial charge in [-0.25, -0.2) is 0 Å². The van der Waals surface area contributed by atoms with E-state index in [0.29, 0.717) is 36.3 Å². The van der Waals surface area contributed by atoms with Gasteiger partial charge in [0.25, 0.3) is 0 Å². The molecule has 1 aromatic carbocycles. The van der Waals surface area contributed by atoms with Gasteiger partial charge in [0.05, 0.1) is 12.7 Å². The molecule has 1 aromatic rings. The first-order chi connectivity index (χ1) is 13.1. The maximum Gasteiger partial charge on any atom is 0.387 e. The first-order valence-electron chi connectivity index (χ1n) is 8.95. The van der Waals surface area contributed by atoms with Crippen LogP contribution in [0, 0.1) is 0 Å². The molecule has 0 saturated carbocycles. The van der Waals surface area contributed by atoms with Gasteiger partial charge in [-0.2, -0.15) is 8.78 Å². The van der Waals surface area contributed by atoms with E-state index in [1.165, 1.54) is 12.1 Å². The molecule has 2 N–H and O–H groups in total. The molecule has 9 heteroatoms. The van der Waals surface area contributed by atoms with Crippen LogP contribution in [-0.4, -0.2) is 52.1 Å². The third kappa shape index (κ3) is 8.28. The number of ether oxygens (including phenoxy) is 3. The topological polar surface area (TPSA) is 64.1 Å². The fraction of sp³-hybridized carbons (Fsp3) is 0.611. The maximum absolute atomic E-state index is 12.5. The molecule has 1 saturated heterocycles. The Morgan fingerprint density at radius 2 is 2.26 bits per heavy atom. The fourth-order valence-corrected chi connectivity index (χ4v) is 2.86. The van der Waals surface area contributed by atoms with Gasteiger partial charge in [0.1, 0.15) is 5.75 Å². The van der Waals surface area contributed by atoms with Crippen molar-refractivity contribution in [2.75, 3.05) is 33.4 Å². The number of hydrogen-bond acceptors (Lipinski definition) is 4. The number of nitrogens with one attached hydrogen (secondary N) is 2. The van der Waals surface area contributed by atoms with E-state index in [4.69, 9.17) is 21.1 Å². The maximum atomic E-state index is 12.5. The number of hydrogen-bond donors (Lipinski definition) is 2. The monoisotopic (exact) mass is 405 g/mol. The van der Waals surface area contributed by atoms with Crippen LogP contribution >= 0.6 is 11.6 Å². The van der Waals surface area contributed by atoms with Gasteiger partial charge in [0.2, 0.25) is 0 Å². The number of rotatable bonds is 10. The molecule has 152 valence electrons. The summed E-state index contributed by atoms with van der Waals surface area (Å²) in [6, 6.07) is 4.51. The average Bonchev–Trinajstić information content (AvgIpc) is 3.15. The van der Waals surface area contributed by atoms with Gasteiger partial charge < -0.3 is 24.8 Å². The molecule has 27 heavy (non-hydrogen) atoms. The molecule has 1 fully saturated rings. The summed E-state index contributed by atoms with van der Waals surface area (Å²) in [7, 11) is 1.64. The molecular weight excluding hydrogens is 380 g/mol. The van der Waals surface area contributed by atoms with Crippen LogP contribution in [0.5, 0.6) is 5.75 Å². The summed E-state index contributed by atoms with van der Waals surface area (Å²) in [6.07, 6.45) is 3.21. The lowest BCUT2D eigenvalue weighted by atomic mass is 10.2. The van der Waals surface area contributed by atoms with Crippen LogP contribution in [0.1, 0.15) is 24.8 Å². The second-order valence-electron chi connectivity index (χ2n) is 6.05. The van der Waals surface area contributed by atoms with E-state index in [1.807, 2.05) is 0 Å². The smallest absolute Gasteiger partial charge is 0.387 e. The minimum atomic E-state index is -2.89. The van der Waals surface area contributed by atoms with E-state index >= 15 is 0 Å². The van der Waals surface area contributed by atoms with Gasteiger partial charge in [-0.3, -0.25) is 4.99 Å². The first-order valence-corrected chi connectivity index (χ1v) is 9.33. The highest BCUT2D eigenvalue weighted by Gasteiger charge is 2.15. The summed E-state index contributed by atoms with van der Waals surface area (Å²) in [5, 5.41) is 6.65. The van der Waals surface area contributed by atoms with Crippen LogP contribution in [0.3, 0.4) is 0 Å². The number of halogens is 3. The second kappa shape index (κ2) is 11.9. The molecule has 1 unspecified atom stereocenters. The third-order valence-electron chi connectivity index (χ3n) is 3.99. The average molecular weight is 406 g/mol. The van der Waals surface area contributed by atoms with E-state index in [2.05, 4.69) is 20.4 Å². The number of benzene rings is 1. The zero-order valence-electron chi connectivity index (χ0n) is 15.3. The Labute approximate surface area is 163 Å². The predicted molar refractivity (Wildman–Crippen MR) is 101 cm³/mol. The van der Waals surface area contributed by atoms with Crippen LogP contribution in [0.15, 0.2) is 23.2 Å². The van der Waals surface area contributed by atoms with Crippen LogP contribution < -0.4 is 15.4 Å². The molecule has 0 spiro atoms. The van der Waals surface area contributed by atoms with Gasteiger partial charge in [0.15, 0.2) is 5.96 Å². The molecule has 0 aromatic heterocycles. The summed E-state index contributed by atoms with van der Waals surface area (Å²) < 4.78 is 40.6. The Hall–Kier alpha value is -1.64. The highest BCUT2D eigenvalue weighted by Crippen LogP contribution is 2.24. The Bertz CT molecular complexity index is 599. The molecule has 1 heterocycles. The number of aliphatic imine (C=N–C) groups is 1. The molecule has 1 aliphatic rings. The normalized spacial score (nSPS) is 17.4. The van der Waals surface area contributed by atoms with Crippen molar-refractivity contribution in [3.05, 3.63) is 28.8 Å². The van der Waals surface area contributed by atoms with Crippen molar-refractivity contribution in [3.63, 3.8) is 0 Å². The first kappa shape index (κ1) is 21.7. The SMILES string of the molecule is CN=C(NCCCOCC1CCCO1)NCc1cc(Cl)ccc1OC(F)F. The molecular formula is C18H26ClF2N3O3. The van der Waals surface area contributed by atoms with E-state index in [9.17, 15) is 8.78 Å². The van der Waals surface area contributed by atoms with Crippen molar-refractivity contribution < 1.29 is 23.0 Å². The minimum absolute atomic E-state index is 0.0832. The van der Waals surface area contributed by atoms with E-state index in [0.717, 1.165) is 25.9 Å². The summed E-state index contributed by atoms with van der Waals surface area (Å²) >= 11 is 5.94. The van der Waals surface area contributed by atoms with Crippen molar-refractivity contribution in [3.8, 4) is 5.75 Å². The fourth-order valence-electron chi connectivity index (χ4n) is 2.67. The van der Waals surface area contributed by atoms with Crippen molar-refractivity contribution in [2.45, 2.75) is 38.5 Å². The highest BCUT2D eigenvalue weighted by molar-refractivity contribution is 6.30. The van der Waals surface area contributed by atoms with E-state index in [-0.39, 0.29) is 18.4 Å². The lowest BCUT2D eigenvalue weighted by molar-refractivity contribution is -0.0504. The van der Waals surface area contributed by atoms with Gasteiger partial charge in [0, 0.05) is 43.9 Å². The van der Waals surface area contributed by atoms with Crippen LogP contribution in [0.2, 0.25) is 5.02 Å². The van der Waals surface area contributed by atoms with E-state index in [1.54, 1.807) is 13.1 Å². The van der Waals surface area contributed by atoms with Gasteiger partial charge in [-0.1, -0.05) is 11.6 Å². The minimum Gasteiger partial charge on any atom is -0.434 e. The van der Waals surface area contributed by atoms with Crippen LogP contribution in [-0.2, 0) is 16.0 Å². The largest absolute Gasteiger partial charge is 0.434 e. The Morgan fingerprint density at radius 1 is 1.41 bits per heavy atom. The Kier molecular flexibility index (Phi) is 9.58. The quantitative estimate of drug-likeness (QED) is 0.355. The molecule has 1 atom stereocenters. The Morgan fingerprint density at radius 3 is 2.96 bits per heavy atom. The molecule has 1 aliphatic heterocycles. The molecule has 6 nitrogen and oxygen atoms in total. The lowest BCUT2D eigenvalue weighted by Crippen LogP contribution is -2.37.